The highest BCUT2D eigenvalue weighted by Crippen LogP contribution is 2.25. The molecule has 1 rings (SSSR count). The zero-order chi connectivity index (χ0) is 6.69. The lowest BCUT2D eigenvalue weighted by Crippen LogP contribution is -2.04. The Morgan fingerprint density at radius 1 is 1.56 bits per heavy atom. The van der Waals surface area contributed by atoms with Crippen molar-refractivity contribution in [3.63, 3.8) is 0 Å². The van der Waals surface area contributed by atoms with Gasteiger partial charge in [0.05, 0.1) is 0 Å². The van der Waals surface area contributed by atoms with E-state index in [1.807, 2.05) is 0 Å². The SMILES string of the molecule is NC(=O)N=C1SCCS1. The Morgan fingerprint density at radius 2 is 2.11 bits per heavy atom. The number of urea groups is 1. The molecule has 0 aromatic heterocycles. The van der Waals surface area contributed by atoms with Gasteiger partial charge in [0.25, 0.3) is 0 Å². The van der Waals surface area contributed by atoms with E-state index in [1.54, 1.807) is 23.5 Å². The molecule has 0 bridgehead atoms. The smallest absolute Gasteiger partial charge is 0.339 e. The van der Waals surface area contributed by atoms with Gasteiger partial charge in [0.2, 0.25) is 0 Å². The number of rotatable bonds is 0. The summed E-state index contributed by atoms with van der Waals surface area (Å²) in [6.07, 6.45) is 0. The van der Waals surface area contributed by atoms with Crippen LogP contribution in [0, 0.1) is 0 Å². The van der Waals surface area contributed by atoms with Gasteiger partial charge in [-0.05, 0) is 0 Å². The summed E-state index contributed by atoms with van der Waals surface area (Å²) >= 11 is 3.17. The number of aliphatic imine (C=N–C) groups is 1. The summed E-state index contributed by atoms with van der Waals surface area (Å²) in [6.45, 7) is 0. The van der Waals surface area contributed by atoms with Crippen molar-refractivity contribution in [1.82, 2.24) is 0 Å². The average molecular weight is 162 g/mol. The van der Waals surface area contributed by atoms with Crippen molar-refractivity contribution < 1.29 is 4.79 Å². The van der Waals surface area contributed by atoms with Crippen molar-refractivity contribution >= 4 is 33.9 Å². The van der Waals surface area contributed by atoms with Gasteiger partial charge in [-0.3, -0.25) is 0 Å². The molecule has 0 radical (unpaired) electrons. The quantitative estimate of drug-likeness (QED) is 0.575. The fraction of sp³-hybridized carbons (Fsp3) is 0.500. The van der Waals surface area contributed by atoms with Gasteiger partial charge >= 0.3 is 6.03 Å². The van der Waals surface area contributed by atoms with Crippen LogP contribution in [0.4, 0.5) is 4.79 Å². The molecule has 50 valence electrons. The fourth-order valence-electron chi connectivity index (χ4n) is 0.454. The monoisotopic (exact) mass is 162 g/mol. The molecule has 1 aliphatic rings. The molecule has 1 aliphatic heterocycles. The standard InChI is InChI=1S/C4H6N2OS2/c5-3(7)6-4-8-1-2-9-4/h1-2H2,(H2,5,7). The summed E-state index contributed by atoms with van der Waals surface area (Å²) in [5.74, 6) is 2.08. The molecule has 0 aromatic carbocycles. The number of carbonyl (C=O) groups is 1. The second kappa shape index (κ2) is 3.12. The molecule has 3 nitrogen and oxygen atoms in total. The van der Waals surface area contributed by atoms with Crippen molar-refractivity contribution in [1.29, 1.82) is 0 Å². The Hall–Kier alpha value is -0.160. The van der Waals surface area contributed by atoms with Gasteiger partial charge < -0.3 is 5.73 Å². The van der Waals surface area contributed by atoms with Gasteiger partial charge in [0.1, 0.15) is 4.38 Å². The average Bonchev–Trinajstić information content (AvgIpc) is 2.15. The maximum absolute atomic E-state index is 10.2. The van der Waals surface area contributed by atoms with Crippen LogP contribution in [-0.4, -0.2) is 21.9 Å². The fourth-order valence-corrected chi connectivity index (χ4v) is 2.61. The van der Waals surface area contributed by atoms with E-state index in [0.717, 1.165) is 15.9 Å². The predicted molar refractivity (Wildman–Crippen MR) is 41.9 cm³/mol. The lowest BCUT2D eigenvalue weighted by Gasteiger charge is -1.86. The first-order valence-corrected chi connectivity index (χ1v) is 4.40. The molecular formula is C4H6N2OS2. The van der Waals surface area contributed by atoms with Crippen LogP contribution in [0.2, 0.25) is 0 Å². The van der Waals surface area contributed by atoms with E-state index in [-0.39, 0.29) is 0 Å². The van der Waals surface area contributed by atoms with Crippen LogP contribution in [-0.2, 0) is 0 Å². The minimum atomic E-state index is -0.591. The van der Waals surface area contributed by atoms with Crippen LogP contribution in [0.25, 0.3) is 0 Å². The van der Waals surface area contributed by atoms with Crippen molar-refractivity contribution in [3.8, 4) is 0 Å². The normalized spacial score (nSPS) is 18.0. The largest absolute Gasteiger partial charge is 0.350 e. The zero-order valence-electron chi connectivity index (χ0n) is 4.66. The zero-order valence-corrected chi connectivity index (χ0v) is 6.30. The van der Waals surface area contributed by atoms with E-state index in [4.69, 9.17) is 5.73 Å². The second-order valence-corrected chi connectivity index (χ2v) is 3.84. The number of nitrogens with two attached hydrogens (primary N) is 1. The summed E-state index contributed by atoms with van der Waals surface area (Å²) in [4.78, 5) is 13.7. The van der Waals surface area contributed by atoms with Crippen LogP contribution in [0.1, 0.15) is 0 Å². The molecule has 0 aliphatic carbocycles. The van der Waals surface area contributed by atoms with Crippen LogP contribution in [0.3, 0.4) is 0 Å². The number of carbonyl (C=O) groups excluding carboxylic acids is 1. The van der Waals surface area contributed by atoms with Crippen LogP contribution in [0.15, 0.2) is 4.99 Å². The third-order valence-electron chi connectivity index (χ3n) is 0.736. The molecular weight excluding hydrogens is 156 g/mol. The molecule has 0 spiro atoms. The molecule has 9 heavy (non-hydrogen) atoms. The van der Waals surface area contributed by atoms with E-state index < -0.39 is 6.03 Å². The molecule has 1 saturated heterocycles. The minimum absolute atomic E-state index is 0.591. The van der Waals surface area contributed by atoms with Crippen molar-refractivity contribution in [2.75, 3.05) is 11.5 Å². The third kappa shape index (κ3) is 2.28. The molecule has 1 heterocycles. The topological polar surface area (TPSA) is 55.5 Å². The van der Waals surface area contributed by atoms with E-state index in [9.17, 15) is 4.79 Å². The maximum Gasteiger partial charge on any atom is 0.339 e. The summed E-state index contributed by atoms with van der Waals surface area (Å²) < 4.78 is 0.808. The van der Waals surface area contributed by atoms with Crippen LogP contribution >= 0.6 is 23.5 Å². The van der Waals surface area contributed by atoms with Gasteiger partial charge in [0.15, 0.2) is 0 Å². The van der Waals surface area contributed by atoms with E-state index in [0.29, 0.717) is 0 Å². The molecule has 1 fully saturated rings. The molecule has 5 heteroatoms. The van der Waals surface area contributed by atoms with Gasteiger partial charge in [-0.2, -0.15) is 4.99 Å². The van der Waals surface area contributed by atoms with Crippen molar-refractivity contribution in [2.45, 2.75) is 0 Å². The molecule has 0 saturated carbocycles. The Labute approximate surface area is 61.5 Å². The Morgan fingerprint density at radius 3 is 2.56 bits per heavy atom. The molecule has 0 aromatic rings. The highest BCUT2D eigenvalue weighted by molar-refractivity contribution is 8.41. The molecule has 2 amide bonds. The molecule has 0 atom stereocenters. The van der Waals surface area contributed by atoms with Crippen molar-refractivity contribution in [2.24, 2.45) is 10.7 Å². The lowest BCUT2D eigenvalue weighted by atomic mass is 11.0. The predicted octanol–water partition coefficient (Wildman–Crippen LogP) is 0.901. The van der Waals surface area contributed by atoms with E-state index >= 15 is 0 Å². The number of primary amides is 1. The number of thioether (sulfide) groups is 2. The Bertz CT molecular complexity index is 149. The Kier molecular flexibility index (Phi) is 2.41. The first-order chi connectivity index (χ1) is 4.29. The Balaban J connectivity index is 2.49. The third-order valence-corrected chi connectivity index (χ3v) is 3.19. The summed E-state index contributed by atoms with van der Waals surface area (Å²) in [5, 5.41) is 0. The molecule has 2 N–H and O–H groups in total. The highest BCUT2D eigenvalue weighted by atomic mass is 32.2. The highest BCUT2D eigenvalue weighted by Gasteiger charge is 2.09. The van der Waals surface area contributed by atoms with Crippen molar-refractivity contribution in [3.05, 3.63) is 0 Å². The minimum Gasteiger partial charge on any atom is -0.350 e. The first-order valence-electron chi connectivity index (χ1n) is 2.43. The van der Waals surface area contributed by atoms with Gasteiger partial charge in [-0.15, -0.1) is 0 Å². The first kappa shape index (κ1) is 6.95. The summed E-state index contributed by atoms with van der Waals surface area (Å²) in [6, 6.07) is -0.591. The van der Waals surface area contributed by atoms with Gasteiger partial charge in [-0.1, -0.05) is 23.5 Å². The van der Waals surface area contributed by atoms with Gasteiger partial charge in [0, 0.05) is 11.5 Å². The van der Waals surface area contributed by atoms with E-state index in [1.165, 1.54) is 0 Å². The lowest BCUT2D eigenvalue weighted by molar-refractivity contribution is 0.257. The summed E-state index contributed by atoms with van der Waals surface area (Å²) in [5.41, 5.74) is 4.82. The van der Waals surface area contributed by atoms with E-state index in [2.05, 4.69) is 4.99 Å². The van der Waals surface area contributed by atoms with Crippen LogP contribution in [0.5, 0.6) is 0 Å². The second-order valence-electron chi connectivity index (χ2n) is 1.41. The number of nitrogens with zero attached hydrogens (tertiary/aromatic N) is 1. The van der Waals surface area contributed by atoms with Gasteiger partial charge in [-0.25, -0.2) is 4.79 Å². The number of hydrogen-bond donors (Lipinski definition) is 1. The number of hydrogen-bond acceptors (Lipinski definition) is 3. The number of amides is 2. The maximum atomic E-state index is 10.2. The van der Waals surface area contributed by atoms with Crippen LogP contribution < -0.4 is 5.73 Å². The summed E-state index contributed by atoms with van der Waals surface area (Å²) in [7, 11) is 0. The molecule has 0 unspecified atom stereocenters.